The number of imidazole rings is 1. The number of hydrogen-bond donors (Lipinski definition) is 1. The highest BCUT2D eigenvalue weighted by Gasteiger charge is 2.16. The topological polar surface area (TPSA) is 43.8 Å². The number of aryl methyl sites for hydroxylation is 1. The summed E-state index contributed by atoms with van der Waals surface area (Å²) in [5.74, 6) is 1.49. The van der Waals surface area contributed by atoms with Crippen LogP contribution in [-0.4, -0.2) is 9.55 Å². The van der Waals surface area contributed by atoms with E-state index in [1.165, 1.54) is 0 Å². The molecule has 3 nitrogen and oxygen atoms in total. The molecule has 0 saturated heterocycles. The van der Waals surface area contributed by atoms with Gasteiger partial charge in [-0.1, -0.05) is 25.4 Å². The number of nitrogens with zero attached hydrogens (tertiary/aromatic N) is 2. The molecule has 0 amide bonds. The molecule has 2 aromatic rings. The van der Waals surface area contributed by atoms with Crippen LogP contribution in [0.5, 0.6) is 0 Å². The molecule has 17 heavy (non-hydrogen) atoms. The molecule has 0 radical (unpaired) electrons. The first kappa shape index (κ1) is 12.4. The van der Waals surface area contributed by atoms with Crippen molar-refractivity contribution >= 4 is 22.6 Å². The minimum atomic E-state index is -0.0221. The van der Waals surface area contributed by atoms with E-state index in [1.54, 1.807) is 0 Å². The first-order valence-corrected chi connectivity index (χ1v) is 6.24. The third-order valence-corrected chi connectivity index (χ3v) is 3.17. The molecule has 0 saturated carbocycles. The maximum absolute atomic E-state index is 6.18. The van der Waals surface area contributed by atoms with E-state index in [-0.39, 0.29) is 6.04 Å². The zero-order valence-corrected chi connectivity index (χ0v) is 11.2. The van der Waals surface area contributed by atoms with Crippen LogP contribution < -0.4 is 5.73 Å². The largest absolute Gasteiger partial charge is 0.330 e. The van der Waals surface area contributed by atoms with Crippen molar-refractivity contribution in [3.05, 3.63) is 29.0 Å². The average Bonchev–Trinajstić information content (AvgIpc) is 2.55. The fourth-order valence-corrected chi connectivity index (χ4v) is 2.29. The van der Waals surface area contributed by atoms with Gasteiger partial charge in [0.15, 0.2) is 0 Å². The van der Waals surface area contributed by atoms with E-state index < -0.39 is 0 Å². The maximum atomic E-state index is 6.18. The van der Waals surface area contributed by atoms with E-state index in [4.69, 9.17) is 17.3 Å². The van der Waals surface area contributed by atoms with Gasteiger partial charge in [0.25, 0.3) is 0 Å². The molecule has 2 N–H and O–H groups in total. The van der Waals surface area contributed by atoms with E-state index in [0.717, 1.165) is 28.3 Å². The highest BCUT2D eigenvalue weighted by molar-refractivity contribution is 6.31. The summed E-state index contributed by atoms with van der Waals surface area (Å²) >= 11 is 5.99. The summed E-state index contributed by atoms with van der Waals surface area (Å²) in [6.07, 6.45) is 0.935. The quantitative estimate of drug-likeness (QED) is 0.910. The second-order valence-electron chi connectivity index (χ2n) is 4.90. The van der Waals surface area contributed by atoms with Crippen LogP contribution in [0.25, 0.3) is 11.0 Å². The van der Waals surface area contributed by atoms with Crippen molar-refractivity contribution in [2.45, 2.75) is 26.3 Å². The molecule has 1 heterocycles. The molecule has 1 atom stereocenters. The fourth-order valence-electron chi connectivity index (χ4n) is 2.13. The summed E-state index contributed by atoms with van der Waals surface area (Å²) in [4.78, 5) is 4.59. The highest BCUT2D eigenvalue weighted by Crippen LogP contribution is 2.24. The Balaban J connectivity index is 2.45. The van der Waals surface area contributed by atoms with Gasteiger partial charge in [-0.05, 0) is 30.5 Å². The van der Waals surface area contributed by atoms with Crippen molar-refractivity contribution in [1.82, 2.24) is 9.55 Å². The molecule has 1 aromatic carbocycles. The lowest BCUT2D eigenvalue weighted by atomic mass is 10.0. The Morgan fingerprint density at radius 1 is 1.41 bits per heavy atom. The average molecular weight is 252 g/mol. The van der Waals surface area contributed by atoms with Crippen LogP contribution in [0.2, 0.25) is 5.02 Å². The summed E-state index contributed by atoms with van der Waals surface area (Å²) in [6, 6.07) is 5.69. The minimum Gasteiger partial charge on any atom is -0.330 e. The van der Waals surface area contributed by atoms with Crippen LogP contribution in [0.1, 0.15) is 32.1 Å². The lowest BCUT2D eigenvalue weighted by molar-refractivity contribution is 0.485. The second-order valence-corrected chi connectivity index (χ2v) is 5.33. The smallest absolute Gasteiger partial charge is 0.126 e. The number of halogens is 1. The number of fused-ring (bicyclic) bond motifs is 1. The van der Waals surface area contributed by atoms with Crippen molar-refractivity contribution in [2.24, 2.45) is 18.7 Å². The number of nitrogens with two attached hydrogens (primary N) is 1. The summed E-state index contributed by atoms with van der Waals surface area (Å²) < 4.78 is 2.04. The number of benzene rings is 1. The van der Waals surface area contributed by atoms with Crippen molar-refractivity contribution in [3.63, 3.8) is 0 Å². The Morgan fingerprint density at radius 3 is 2.76 bits per heavy atom. The molecule has 4 heteroatoms. The molecule has 0 fully saturated rings. The molecule has 2 rings (SSSR count). The number of rotatable bonds is 3. The van der Waals surface area contributed by atoms with Gasteiger partial charge in [-0.2, -0.15) is 0 Å². The van der Waals surface area contributed by atoms with Gasteiger partial charge in [-0.25, -0.2) is 4.98 Å². The SMILES string of the molecule is CC(C)CC(N)c1nc2ccc(Cl)cc2n1C. The lowest BCUT2D eigenvalue weighted by Gasteiger charge is -2.13. The fraction of sp³-hybridized carbons (Fsp3) is 0.462. The van der Waals surface area contributed by atoms with Crippen LogP contribution in [-0.2, 0) is 7.05 Å². The molecule has 0 bridgehead atoms. The molecule has 0 aliphatic rings. The Morgan fingerprint density at radius 2 is 2.12 bits per heavy atom. The minimum absolute atomic E-state index is 0.0221. The first-order chi connectivity index (χ1) is 7.99. The Bertz CT molecular complexity index is 531. The van der Waals surface area contributed by atoms with E-state index >= 15 is 0 Å². The Kier molecular flexibility index (Phi) is 3.40. The van der Waals surface area contributed by atoms with Crippen molar-refractivity contribution in [3.8, 4) is 0 Å². The molecule has 0 spiro atoms. The Hall–Kier alpha value is -1.06. The van der Waals surface area contributed by atoms with Gasteiger partial charge in [-0.3, -0.25) is 0 Å². The molecule has 0 aliphatic heterocycles. The monoisotopic (exact) mass is 251 g/mol. The van der Waals surface area contributed by atoms with Gasteiger partial charge < -0.3 is 10.3 Å². The van der Waals surface area contributed by atoms with E-state index in [1.807, 2.05) is 29.8 Å². The third kappa shape index (κ3) is 2.45. The van der Waals surface area contributed by atoms with Gasteiger partial charge in [-0.15, -0.1) is 0 Å². The molecule has 92 valence electrons. The zero-order chi connectivity index (χ0) is 12.6. The lowest BCUT2D eigenvalue weighted by Crippen LogP contribution is -2.17. The summed E-state index contributed by atoms with van der Waals surface area (Å²) in [7, 11) is 1.99. The van der Waals surface area contributed by atoms with Gasteiger partial charge in [0.1, 0.15) is 5.82 Å². The van der Waals surface area contributed by atoms with Crippen molar-refractivity contribution < 1.29 is 0 Å². The van der Waals surface area contributed by atoms with Crippen LogP contribution >= 0.6 is 11.6 Å². The molecular formula is C13H18ClN3. The van der Waals surface area contributed by atoms with Crippen LogP contribution in [0.15, 0.2) is 18.2 Å². The zero-order valence-electron chi connectivity index (χ0n) is 10.4. The molecule has 1 unspecified atom stereocenters. The summed E-state index contributed by atoms with van der Waals surface area (Å²) in [5, 5.41) is 0.726. The molecule has 1 aromatic heterocycles. The van der Waals surface area contributed by atoms with Crippen LogP contribution in [0.4, 0.5) is 0 Å². The number of hydrogen-bond acceptors (Lipinski definition) is 2. The second kappa shape index (κ2) is 4.67. The predicted octanol–water partition coefficient (Wildman–Crippen LogP) is 3.27. The van der Waals surface area contributed by atoms with Crippen LogP contribution in [0, 0.1) is 5.92 Å². The normalized spacial score (nSPS) is 13.5. The van der Waals surface area contributed by atoms with E-state index in [9.17, 15) is 0 Å². The predicted molar refractivity (Wildman–Crippen MR) is 72.1 cm³/mol. The van der Waals surface area contributed by atoms with Crippen LogP contribution in [0.3, 0.4) is 0 Å². The Labute approximate surface area is 107 Å². The van der Waals surface area contributed by atoms with E-state index in [2.05, 4.69) is 18.8 Å². The first-order valence-electron chi connectivity index (χ1n) is 5.86. The summed E-state index contributed by atoms with van der Waals surface area (Å²) in [5.41, 5.74) is 8.17. The standard InChI is InChI=1S/C13H18ClN3/c1-8(2)6-10(15)13-16-11-5-4-9(14)7-12(11)17(13)3/h4-5,7-8,10H,6,15H2,1-3H3. The van der Waals surface area contributed by atoms with Crippen molar-refractivity contribution in [2.75, 3.05) is 0 Å². The highest BCUT2D eigenvalue weighted by atomic mass is 35.5. The van der Waals surface area contributed by atoms with E-state index in [0.29, 0.717) is 5.92 Å². The van der Waals surface area contributed by atoms with Gasteiger partial charge in [0, 0.05) is 12.1 Å². The molecular weight excluding hydrogens is 234 g/mol. The third-order valence-electron chi connectivity index (χ3n) is 2.93. The van der Waals surface area contributed by atoms with Gasteiger partial charge >= 0.3 is 0 Å². The maximum Gasteiger partial charge on any atom is 0.126 e. The summed E-state index contributed by atoms with van der Waals surface area (Å²) in [6.45, 7) is 4.33. The molecule has 0 aliphatic carbocycles. The van der Waals surface area contributed by atoms with Gasteiger partial charge in [0.2, 0.25) is 0 Å². The number of aromatic nitrogens is 2. The van der Waals surface area contributed by atoms with Crippen molar-refractivity contribution in [1.29, 1.82) is 0 Å². The van der Waals surface area contributed by atoms with Gasteiger partial charge in [0.05, 0.1) is 17.1 Å².